The molecule has 0 radical (unpaired) electrons. The van der Waals surface area contributed by atoms with Crippen LogP contribution in [-0.2, 0) is 0 Å². The first kappa shape index (κ1) is 12.6. The topological polar surface area (TPSA) is 75.7 Å². The van der Waals surface area contributed by atoms with Gasteiger partial charge in [0.05, 0.1) is 4.92 Å². The van der Waals surface area contributed by atoms with Gasteiger partial charge in [-0.2, -0.15) is 4.98 Å². The Hall–Kier alpha value is -2.15. The van der Waals surface area contributed by atoms with Crippen LogP contribution >= 0.6 is 0 Å². The lowest BCUT2D eigenvalue weighted by Gasteiger charge is -2.30. The molecule has 0 aliphatic carbocycles. The molecule has 0 atom stereocenters. The first-order chi connectivity index (χ1) is 10.2. The van der Waals surface area contributed by atoms with E-state index in [9.17, 15) is 10.1 Å². The molecule has 3 aliphatic heterocycles. The molecule has 3 aliphatic rings. The quantitative estimate of drug-likeness (QED) is 0.621. The van der Waals surface area contributed by atoms with Crippen molar-refractivity contribution in [3.8, 4) is 0 Å². The highest BCUT2D eigenvalue weighted by molar-refractivity contribution is 5.77. The fourth-order valence-electron chi connectivity index (χ4n) is 3.28. The van der Waals surface area contributed by atoms with Crippen molar-refractivity contribution in [1.29, 1.82) is 0 Å². The number of non-ortho nitro benzene ring substituents is 1. The van der Waals surface area contributed by atoms with E-state index in [2.05, 4.69) is 14.8 Å². The fourth-order valence-corrected chi connectivity index (χ4v) is 3.28. The van der Waals surface area contributed by atoms with Gasteiger partial charge in [0, 0.05) is 44.4 Å². The Morgan fingerprint density at radius 1 is 1.24 bits per heavy atom. The molecule has 21 heavy (non-hydrogen) atoms. The summed E-state index contributed by atoms with van der Waals surface area (Å²) in [6.07, 6.45) is 2.25. The molecule has 0 saturated carbocycles. The molecule has 1 aromatic heterocycles. The number of aromatic nitrogens is 1. The molecular formula is C14H16N4O3. The van der Waals surface area contributed by atoms with Crippen molar-refractivity contribution < 1.29 is 9.34 Å². The fraction of sp³-hybridized carbons (Fsp3) is 0.500. The number of rotatable bonds is 2. The summed E-state index contributed by atoms with van der Waals surface area (Å²) in [5, 5.41) is 10.8. The van der Waals surface area contributed by atoms with Crippen LogP contribution in [0.5, 0.6) is 0 Å². The highest BCUT2D eigenvalue weighted by Crippen LogP contribution is 2.30. The Balaban J connectivity index is 1.71. The molecule has 110 valence electrons. The van der Waals surface area contributed by atoms with Crippen LogP contribution in [0.25, 0.3) is 11.1 Å². The molecule has 2 aromatic rings. The van der Waals surface area contributed by atoms with Gasteiger partial charge in [-0.1, -0.05) is 0 Å². The number of hydrogen-bond donors (Lipinski definition) is 0. The number of nitrogens with zero attached hydrogens (tertiary/aromatic N) is 4. The molecule has 7 heteroatoms. The van der Waals surface area contributed by atoms with Crippen LogP contribution < -0.4 is 4.90 Å². The van der Waals surface area contributed by atoms with Gasteiger partial charge < -0.3 is 14.2 Å². The minimum Gasteiger partial charge on any atom is -0.423 e. The van der Waals surface area contributed by atoms with E-state index in [0.29, 0.717) is 23.2 Å². The number of anilines is 1. The van der Waals surface area contributed by atoms with Crippen LogP contribution in [0, 0.1) is 10.1 Å². The van der Waals surface area contributed by atoms with Crippen molar-refractivity contribution in [1.82, 2.24) is 9.88 Å². The number of piperidine rings is 1. The average molecular weight is 288 g/mol. The first-order valence-corrected chi connectivity index (χ1v) is 7.25. The van der Waals surface area contributed by atoms with Crippen molar-refractivity contribution in [2.45, 2.75) is 18.9 Å². The smallest absolute Gasteiger partial charge is 0.298 e. The molecule has 5 rings (SSSR count). The van der Waals surface area contributed by atoms with Crippen molar-refractivity contribution in [2.75, 3.05) is 31.1 Å². The molecule has 0 spiro atoms. The lowest BCUT2D eigenvalue weighted by atomic mass is 10.1. The van der Waals surface area contributed by atoms with Crippen LogP contribution in [-0.4, -0.2) is 47.0 Å². The molecule has 0 unspecified atom stereocenters. The normalized spacial score (nSPS) is 25.2. The third-order valence-corrected chi connectivity index (χ3v) is 4.47. The second kappa shape index (κ2) is 4.70. The van der Waals surface area contributed by atoms with Gasteiger partial charge >= 0.3 is 0 Å². The van der Waals surface area contributed by atoms with Crippen molar-refractivity contribution in [3.05, 3.63) is 28.3 Å². The zero-order valence-electron chi connectivity index (χ0n) is 11.6. The minimum atomic E-state index is -0.408. The second-order valence-corrected chi connectivity index (χ2v) is 5.67. The lowest BCUT2D eigenvalue weighted by molar-refractivity contribution is -0.384. The zero-order chi connectivity index (χ0) is 14.4. The van der Waals surface area contributed by atoms with Gasteiger partial charge in [-0.25, -0.2) is 0 Å². The van der Waals surface area contributed by atoms with Gasteiger partial charge in [-0.05, 0) is 18.9 Å². The molecule has 0 amide bonds. The van der Waals surface area contributed by atoms with Crippen molar-refractivity contribution in [2.24, 2.45) is 0 Å². The average Bonchev–Trinajstić information content (AvgIpc) is 2.68. The van der Waals surface area contributed by atoms with E-state index in [0.717, 1.165) is 39.0 Å². The first-order valence-electron chi connectivity index (χ1n) is 7.25. The van der Waals surface area contributed by atoms with Crippen molar-refractivity contribution in [3.63, 3.8) is 0 Å². The molecule has 3 saturated heterocycles. The molecule has 0 N–H and O–H groups in total. The van der Waals surface area contributed by atoms with Gasteiger partial charge in [-0.3, -0.25) is 10.1 Å². The van der Waals surface area contributed by atoms with Crippen LogP contribution in [0.3, 0.4) is 0 Å². The number of nitro benzene ring substituents is 1. The predicted molar refractivity (Wildman–Crippen MR) is 77.5 cm³/mol. The number of oxazole rings is 1. The van der Waals surface area contributed by atoms with Crippen LogP contribution in [0.2, 0.25) is 0 Å². The Bertz CT molecular complexity index is 691. The molecule has 4 heterocycles. The standard InChI is InChI=1S/C14H16N4O3/c19-18(20)11-1-2-13-12(9-11)15-14(21-13)17-8-7-16-5-3-10(17)4-6-16/h1-2,9-10H,3-8H2. The zero-order valence-corrected chi connectivity index (χ0v) is 11.6. The summed E-state index contributed by atoms with van der Waals surface area (Å²) >= 11 is 0. The SMILES string of the molecule is O=[N+]([O-])c1ccc2oc(N3CCN4CCC3CC4)nc2c1. The number of nitro groups is 1. The number of hydrogen-bond acceptors (Lipinski definition) is 6. The van der Waals surface area contributed by atoms with E-state index in [1.165, 1.54) is 12.1 Å². The van der Waals surface area contributed by atoms with Crippen LogP contribution in [0.4, 0.5) is 11.7 Å². The maximum atomic E-state index is 10.8. The Morgan fingerprint density at radius 2 is 2.05 bits per heavy atom. The minimum absolute atomic E-state index is 0.0465. The Kier molecular flexibility index (Phi) is 2.81. The summed E-state index contributed by atoms with van der Waals surface area (Å²) in [5.41, 5.74) is 1.21. The summed E-state index contributed by atoms with van der Waals surface area (Å²) in [6, 6.07) is 5.62. The highest BCUT2D eigenvalue weighted by atomic mass is 16.6. The van der Waals surface area contributed by atoms with E-state index < -0.39 is 4.92 Å². The molecule has 2 bridgehead atoms. The van der Waals surface area contributed by atoms with Gasteiger partial charge in [0.15, 0.2) is 5.58 Å². The van der Waals surface area contributed by atoms with Gasteiger partial charge in [-0.15, -0.1) is 0 Å². The van der Waals surface area contributed by atoms with E-state index in [4.69, 9.17) is 4.42 Å². The van der Waals surface area contributed by atoms with E-state index in [1.54, 1.807) is 6.07 Å². The second-order valence-electron chi connectivity index (χ2n) is 5.67. The number of fused-ring (bicyclic) bond motifs is 5. The Labute approximate surface area is 121 Å². The lowest BCUT2D eigenvalue weighted by Crippen LogP contribution is -2.38. The van der Waals surface area contributed by atoms with E-state index in [1.807, 2.05) is 0 Å². The maximum absolute atomic E-state index is 10.8. The predicted octanol–water partition coefficient (Wildman–Crippen LogP) is 2.02. The van der Waals surface area contributed by atoms with Crippen LogP contribution in [0.15, 0.2) is 22.6 Å². The van der Waals surface area contributed by atoms with Gasteiger partial charge in [0.25, 0.3) is 11.7 Å². The molecule has 7 nitrogen and oxygen atoms in total. The van der Waals surface area contributed by atoms with Gasteiger partial charge in [0.2, 0.25) is 0 Å². The number of benzene rings is 1. The summed E-state index contributed by atoms with van der Waals surface area (Å²) in [6.45, 7) is 4.19. The van der Waals surface area contributed by atoms with Crippen molar-refractivity contribution >= 4 is 22.8 Å². The summed E-state index contributed by atoms with van der Waals surface area (Å²) in [5.74, 6) is 0. The Morgan fingerprint density at radius 3 is 2.81 bits per heavy atom. The monoisotopic (exact) mass is 288 g/mol. The third kappa shape index (κ3) is 2.13. The van der Waals surface area contributed by atoms with Crippen LogP contribution in [0.1, 0.15) is 12.8 Å². The summed E-state index contributed by atoms with van der Waals surface area (Å²) in [7, 11) is 0. The highest BCUT2D eigenvalue weighted by Gasteiger charge is 2.31. The van der Waals surface area contributed by atoms with E-state index in [-0.39, 0.29) is 5.69 Å². The third-order valence-electron chi connectivity index (χ3n) is 4.47. The largest absolute Gasteiger partial charge is 0.423 e. The summed E-state index contributed by atoms with van der Waals surface area (Å²) < 4.78 is 5.82. The summed E-state index contributed by atoms with van der Waals surface area (Å²) in [4.78, 5) is 19.6. The maximum Gasteiger partial charge on any atom is 0.298 e. The van der Waals surface area contributed by atoms with E-state index >= 15 is 0 Å². The molecule has 1 aromatic carbocycles. The molecular weight excluding hydrogens is 272 g/mol. The molecule has 3 fully saturated rings. The van der Waals surface area contributed by atoms with Gasteiger partial charge in [0.1, 0.15) is 5.52 Å².